The number of halogens is 1. The van der Waals surface area contributed by atoms with Crippen molar-refractivity contribution in [1.82, 2.24) is 15.2 Å². The predicted molar refractivity (Wildman–Crippen MR) is 79.0 cm³/mol. The van der Waals surface area contributed by atoms with Crippen molar-refractivity contribution in [1.29, 1.82) is 0 Å². The first-order chi connectivity index (χ1) is 9.75. The Balaban J connectivity index is 1.61. The minimum atomic E-state index is -0.153. The molecule has 1 N–H and O–H groups in total. The van der Waals surface area contributed by atoms with E-state index in [1.54, 1.807) is 6.20 Å². The summed E-state index contributed by atoms with van der Waals surface area (Å²) in [6, 6.07) is 3.51. The van der Waals surface area contributed by atoms with Gasteiger partial charge < -0.3 is 9.80 Å². The zero-order valence-corrected chi connectivity index (χ0v) is 11.9. The molecule has 2 aliphatic rings. The van der Waals surface area contributed by atoms with Crippen molar-refractivity contribution in [3.63, 3.8) is 0 Å². The molecule has 0 aliphatic carbocycles. The molecule has 3 rings (SSSR count). The van der Waals surface area contributed by atoms with E-state index in [9.17, 15) is 4.79 Å². The van der Waals surface area contributed by atoms with Crippen LogP contribution in [0, 0.1) is 0 Å². The average molecular weight is 293 g/mol. The number of carbonyl (C=O) groups excluding carboxylic acids is 1. The number of rotatable bonds is 2. The predicted octanol–water partition coefficient (Wildman–Crippen LogP) is 0.912. The minimum absolute atomic E-state index is 0.153. The zero-order valence-electron chi connectivity index (χ0n) is 11.1. The Hall–Kier alpha value is -1.59. The number of hydrogen-bond acceptors (Lipinski definition) is 4. The number of anilines is 1. The van der Waals surface area contributed by atoms with E-state index in [1.807, 2.05) is 29.2 Å². The molecule has 2 aliphatic heterocycles. The highest BCUT2D eigenvalue weighted by atomic mass is 35.5. The second kappa shape index (κ2) is 5.81. The van der Waals surface area contributed by atoms with Crippen LogP contribution < -0.4 is 10.2 Å². The molecule has 0 radical (unpaired) electrons. The van der Waals surface area contributed by atoms with Gasteiger partial charge in [0.1, 0.15) is 11.9 Å². The number of amides is 1. The Morgan fingerprint density at radius 2 is 2.15 bits per heavy atom. The van der Waals surface area contributed by atoms with E-state index in [0.29, 0.717) is 18.1 Å². The van der Waals surface area contributed by atoms with Crippen LogP contribution in [-0.2, 0) is 4.79 Å². The second-order valence-electron chi connectivity index (χ2n) is 4.94. The van der Waals surface area contributed by atoms with Gasteiger partial charge in [-0.3, -0.25) is 10.1 Å². The molecular weight excluding hydrogens is 276 g/mol. The van der Waals surface area contributed by atoms with Gasteiger partial charge >= 0.3 is 0 Å². The molecular formula is C14H17ClN4O. The van der Waals surface area contributed by atoms with Crippen molar-refractivity contribution in [2.24, 2.45) is 0 Å². The lowest BCUT2D eigenvalue weighted by Gasteiger charge is -2.36. The van der Waals surface area contributed by atoms with E-state index < -0.39 is 0 Å². The third kappa shape index (κ3) is 2.64. The number of pyridine rings is 1. The maximum atomic E-state index is 12.3. The summed E-state index contributed by atoms with van der Waals surface area (Å²) in [5.74, 6) is 0.964. The molecule has 1 fully saturated rings. The summed E-state index contributed by atoms with van der Waals surface area (Å²) in [4.78, 5) is 20.6. The summed E-state index contributed by atoms with van der Waals surface area (Å²) in [6.45, 7) is 3.72. The molecule has 20 heavy (non-hydrogen) atoms. The number of aromatic nitrogens is 1. The highest BCUT2D eigenvalue weighted by Crippen LogP contribution is 2.23. The quantitative estimate of drug-likeness (QED) is 0.823. The van der Waals surface area contributed by atoms with Crippen molar-refractivity contribution >= 4 is 23.3 Å². The Labute approximate surface area is 123 Å². The number of piperazine rings is 1. The van der Waals surface area contributed by atoms with Crippen LogP contribution in [0.15, 0.2) is 30.5 Å². The Morgan fingerprint density at radius 1 is 1.35 bits per heavy atom. The normalized spacial score (nSPS) is 22.4. The van der Waals surface area contributed by atoms with Crippen LogP contribution in [0.5, 0.6) is 0 Å². The fourth-order valence-electron chi connectivity index (χ4n) is 2.58. The standard InChI is InChI=1S/C14H17ClN4O/c15-11-3-1-6-17-13(11)18-7-9-19(10-8-18)14(20)12-4-2-5-16-12/h1-4,6,12,16H,5,7-10H2. The lowest BCUT2D eigenvalue weighted by molar-refractivity contribution is -0.132. The van der Waals surface area contributed by atoms with Gasteiger partial charge in [-0.25, -0.2) is 4.98 Å². The molecule has 0 aromatic carbocycles. The van der Waals surface area contributed by atoms with Crippen LogP contribution in [0.25, 0.3) is 0 Å². The first-order valence-corrected chi connectivity index (χ1v) is 7.18. The van der Waals surface area contributed by atoms with Crippen LogP contribution in [0.2, 0.25) is 5.02 Å². The lowest BCUT2D eigenvalue weighted by atomic mass is 10.2. The molecule has 6 heteroatoms. The summed E-state index contributed by atoms with van der Waals surface area (Å²) in [5, 5.41) is 3.82. The molecule has 3 heterocycles. The monoisotopic (exact) mass is 292 g/mol. The highest BCUT2D eigenvalue weighted by Gasteiger charge is 2.27. The van der Waals surface area contributed by atoms with E-state index in [4.69, 9.17) is 11.6 Å². The topological polar surface area (TPSA) is 48.5 Å². The Morgan fingerprint density at radius 3 is 2.80 bits per heavy atom. The first-order valence-electron chi connectivity index (χ1n) is 6.80. The van der Waals surface area contributed by atoms with Gasteiger partial charge in [0.05, 0.1) is 5.02 Å². The molecule has 1 unspecified atom stereocenters. The second-order valence-corrected chi connectivity index (χ2v) is 5.34. The summed E-state index contributed by atoms with van der Waals surface area (Å²) >= 11 is 6.16. The number of nitrogens with zero attached hydrogens (tertiary/aromatic N) is 3. The summed E-state index contributed by atoms with van der Waals surface area (Å²) in [6.07, 6.45) is 5.67. The van der Waals surface area contributed by atoms with Crippen LogP contribution >= 0.6 is 11.6 Å². The van der Waals surface area contributed by atoms with Crippen LogP contribution in [-0.4, -0.2) is 54.6 Å². The van der Waals surface area contributed by atoms with E-state index in [1.165, 1.54) is 0 Å². The fraction of sp³-hybridized carbons (Fsp3) is 0.429. The molecule has 1 saturated heterocycles. The summed E-state index contributed by atoms with van der Waals surface area (Å²) in [7, 11) is 0. The summed E-state index contributed by atoms with van der Waals surface area (Å²) < 4.78 is 0. The molecule has 1 atom stereocenters. The maximum absolute atomic E-state index is 12.3. The summed E-state index contributed by atoms with van der Waals surface area (Å²) in [5.41, 5.74) is 0. The van der Waals surface area contributed by atoms with Crippen LogP contribution in [0.4, 0.5) is 5.82 Å². The molecule has 1 aromatic rings. The van der Waals surface area contributed by atoms with Gasteiger partial charge in [-0.2, -0.15) is 0 Å². The number of nitrogens with one attached hydrogen (secondary N) is 1. The van der Waals surface area contributed by atoms with Crippen molar-refractivity contribution in [3.8, 4) is 0 Å². The largest absolute Gasteiger partial charge is 0.352 e. The van der Waals surface area contributed by atoms with Crippen LogP contribution in [0.3, 0.4) is 0 Å². The van der Waals surface area contributed by atoms with Gasteiger partial charge in [0.15, 0.2) is 0 Å². The number of carbonyl (C=O) groups is 1. The molecule has 106 valence electrons. The van der Waals surface area contributed by atoms with E-state index in [2.05, 4.69) is 15.2 Å². The maximum Gasteiger partial charge on any atom is 0.243 e. The highest BCUT2D eigenvalue weighted by molar-refractivity contribution is 6.32. The van der Waals surface area contributed by atoms with Crippen molar-refractivity contribution in [2.45, 2.75) is 6.04 Å². The molecule has 0 spiro atoms. The Bertz CT molecular complexity index is 526. The van der Waals surface area contributed by atoms with Crippen LogP contribution in [0.1, 0.15) is 0 Å². The van der Waals surface area contributed by atoms with Crippen molar-refractivity contribution in [2.75, 3.05) is 37.6 Å². The van der Waals surface area contributed by atoms with Crippen molar-refractivity contribution in [3.05, 3.63) is 35.5 Å². The SMILES string of the molecule is O=C(C1C=CCN1)N1CCN(c2ncccc2Cl)CC1. The van der Waals surface area contributed by atoms with Gasteiger partial charge in [0.2, 0.25) is 5.91 Å². The van der Waals surface area contributed by atoms with Gasteiger partial charge in [-0.15, -0.1) is 0 Å². The molecule has 0 saturated carbocycles. The zero-order chi connectivity index (χ0) is 13.9. The Kier molecular flexibility index (Phi) is 3.89. The molecule has 5 nitrogen and oxygen atoms in total. The third-order valence-electron chi connectivity index (χ3n) is 3.68. The van der Waals surface area contributed by atoms with Crippen molar-refractivity contribution < 1.29 is 4.79 Å². The lowest BCUT2D eigenvalue weighted by Crippen LogP contribution is -2.53. The molecule has 1 aromatic heterocycles. The van der Waals surface area contributed by atoms with Gasteiger partial charge in [-0.1, -0.05) is 23.8 Å². The third-order valence-corrected chi connectivity index (χ3v) is 3.98. The van der Waals surface area contributed by atoms with E-state index >= 15 is 0 Å². The van der Waals surface area contributed by atoms with E-state index in [0.717, 1.165) is 25.5 Å². The molecule has 0 bridgehead atoms. The first kappa shape index (κ1) is 13.4. The number of hydrogen-bond donors (Lipinski definition) is 1. The smallest absolute Gasteiger partial charge is 0.243 e. The fourth-order valence-corrected chi connectivity index (χ4v) is 2.82. The van der Waals surface area contributed by atoms with E-state index in [-0.39, 0.29) is 11.9 Å². The van der Waals surface area contributed by atoms with Gasteiger partial charge in [0, 0.05) is 38.9 Å². The average Bonchev–Trinajstić information content (AvgIpc) is 3.01. The van der Waals surface area contributed by atoms with Gasteiger partial charge in [-0.05, 0) is 12.1 Å². The molecule has 1 amide bonds. The van der Waals surface area contributed by atoms with Gasteiger partial charge in [0.25, 0.3) is 0 Å². The minimum Gasteiger partial charge on any atom is -0.352 e.